The van der Waals surface area contributed by atoms with E-state index in [1.54, 1.807) is 48.5 Å². The summed E-state index contributed by atoms with van der Waals surface area (Å²) in [7, 11) is -1.37. The number of rotatable bonds is 8. The summed E-state index contributed by atoms with van der Waals surface area (Å²) in [4.78, 5) is 24.9. The first-order valence-electron chi connectivity index (χ1n) is 9.56. The molecule has 32 heavy (non-hydrogen) atoms. The largest absolute Gasteiger partial charge is 0.497 e. The van der Waals surface area contributed by atoms with Crippen molar-refractivity contribution in [3.05, 3.63) is 84.4 Å². The van der Waals surface area contributed by atoms with Crippen LogP contribution < -0.4 is 14.4 Å². The van der Waals surface area contributed by atoms with Crippen LogP contribution in [-0.4, -0.2) is 41.1 Å². The number of nitrogens with one attached hydrogen (secondary N) is 1. The maximum absolute atomic E-state index is 13.4. The molecule has 0 saturated heterocycles. The van der Waals surface area contributed by atoms with E-state index >= 15 is 0 Å². The lowest BCUT2D eigenvalue weighted by Gasteiger charge is -2.24. The number of anilines is 2. The zero-order valence-corrected chi connectivity index (χ0v) is 18.3. The Balaban J connectivity index is 1.96. The number of carbonyl (C=O) groups excluding carboxylic acids is 2. The van der Waals surface area contributed by atoms with E-state index in [9.17, 15) is 18.0 Å². The van der Waals surface area contributed by atoms with Gasteiger partial charge in [0.05, 0.1) is 36.1 Å². The lowest BCUT2D eigenvalue weighted by molar-refractivity contribution is -0.114. The van der Waals surface area contributed by atoms with Crippen LogP contribution in [0, 0.1) is 0 Å². The standard InChI is InChI=1S/C23H22N2O6S/c1-30-18-10-8-9-17(15-18)25(32(28,29)19-11-4-3-5-12-19)16-22(26)24-21-14-7-6-13-20(21)23(27)31-2/h3-15H,16H2,1-2H3,(H,24,26). The van der Waals surface area contributed by atoms with Crippen LogP contribution in [0.25, 0.3) is 0 Å². The second kappa shape index (κ2) is 9.97. The predicted octanol–water partition coefficient (Wildman–Crippen LogP) is 3.32. The third kappa shape index (κ3) is 5.06. The minimum Gasteiger partial charge on any atom is -0.497 e. The van der Waals surface area contributed by atoms with Crippen LogP contribution in [0.1, 0.15) is 10.4 Å². The van der Waals surface area contributed by atoms with Crippen LogP contribution in [0.2, 0.25) is 0 Å². The lowest BCUT2D eigenvalue weighted by atomic mass is 10.2. The number of nitrogens with zero attached hydrogens (tertiary/aromatic N) is 1. The van der Waals surface area contributed by atoms with E-state index in [0.717, 1.165) is 4.31 Å². The number of ether oxygens (including phenoxy) is 2. The molecule has 0 saturated carbocycles. The number of amides is 1. The van der Waals surface area contributed by atoms with Gasteiger partial charge in [0.2, 0.25) is 5.91 Å². The highest BCUT2D eigenvalue weighted by molar-refractivity contribution is 7.92. The van der Waals surface area contributed by atoms with Crippen molar-refractivity contribution in [3.8, 4) is 5.75 Å². The number of hydrogen-bond acceptors (Lipinski definition) is 6. The molecule has 1 N–H and O–H groups in total. The third-order valence-corrected chi connectivity index (χ3v) is 6.35. The second-order valence-corrected chi connectivity index (χ2v) is 8.47. The molecule has 166 valence electrons. The van der Waals surface area contributed by atoms with Gasteiger partial charge in [-0.3, -0.25) is 9.10 Å². The Morgan fingerprint density at radius 1 is 0.906 bits per heavy atom. The monoisotopic (exact) mass is 454 g/mol. The molecule has 1 amide bonds. The Labute approximate surface area is 186 Å². The third-order valence-electron chi connectivity index (χ3n) is 4.57. The van der Waals surface area contributed by atoms with Crippen molar-refractivity contribution in [1.29, 1.82) is 0 Å². The molecule has 0 aromatic heterocycles. The van der Waals surface area contributed by atoms with Crippen molar-refractivity contribution in [1.82, 2.24) is 0 Å². The summed E-state index contributed by atoms with van der Waals surface area (Å²) in [6.45, 7) is -0.528. The average Bonchev–Trinajstić information content (AvgIpc) is 2.83. The van der Waals surface area contributed by atoms with Crippen molar-refractivity contribution in [3.63, 3.8) is 0 Å². The minimum atomic E-state index is -4.07. The Hall–Kier alpha value is -3.85. The van der Waals surface area contributed by atoms with Crippen molar-refractivity contribution >= 4 is 33.3 Å². The number of benzene rings is 3. The fraction of sp³-hybridized carbons (Fsp3) is 0.130. The predicted molar refractivity (Wildman–Crippen MR) is 120 cm³/mol. The molecule has 0 aliphatic carbocycles. The quantitative estimate of drug-likeness (QED) is 0.524. The van der Waals surface area contributed by atoms with E-state index in [4.69, 9.17) is 9.47 Å². The molecule has 3 aromatic rings. The van der Waals surface area contributed by atoms with Gasteiger partial charge in [-0.2, -0.15) is 0 Å². The normalized spacial score (nSPS) is 10.8. The van der Waals surface area contributed by atoms with Crippen molar-refractivity contribution in [2.75, 3.05) is 30.4 Å². The Morgan fingerprint density at radius 2 is 1.59 bits per heavy atom. The van der Waals surface area contributed by atoms with Crippen LogP contribution >= 0.6 is 0 Å². The fourth-order valence-electron chi connectivity index (χ4n) is 3.00. The van der Waals surface area contributed by atoms with Gasteiger partial charge in [-0.15, -0.1) is 0 Å². The molecule has 8 nitrogen and oxygen atoms in total. The molecule has 3 rings (SSSR count). The SMILES string of the molecule is COC(=O)c1ccccc1NC(=O)CN(c1cccc(OC)c1)S(=O)(=O)c1ccccc1. The van der Waals surface area contributed by atoms with Crippen LogP contribution in [-0.2, 0) is 19.6 Å². The van der Waals surface area contributed by atoms with Gasteiger partial charge >= 0.3 is 5.97 Å². The summed E-state index contributed by atoms with van der Waals surface area (Å²) in [6.07, 6.45) is 0. The maximum Gasteiger partial charge on any atom is 0.339 e. The van der Waals surface area contributed by atoms with E-state index < -0.39 is 28.4 Å². The summed E-state index contributed by atoms with van der Waals surface area (Å²) in [5.41, 5.74) is 0.624. The molecule has 0 unspecified atom stereocenters. The lowest BCUT2D eigenvalue weighted by Crippen LogP contribution is -2.38. The summed E-state index contributed by atoms with van der Waals surface area (Å²) in [5.74, 6) is -0.821. The van der Waals surface area contributed by atoms with Crippen LogP contribution in [0.15, 0.2) is 83.8 Å². The van der Waals surface area contributed by atoms with Gasteiger partial charge < -0.3 is 14.8 Å². The molecular weight excluding hydrogens is 432 g/mol. The fourth-order valence-corrected chi connectivity index (χ4v) is 4.43. The minimum absolute atomic E-state index is 0.0329. The van der Waals surface area contributed by atoms with Gasteiger partial charge in [-0.1, -0.05) is 36.4 Å². The van der Waals surface area contributed by atoms with Crippen LogP contribution in [0.3, 0.4) is 0 Å². The number of carbonyl (C=O) groups is 2. The molecule has 0 atom stereocenters. The summed E-state index contributed by atoms with van der Waals surface area (Å²) >= 11 is 0. The molecule has 9 heteroatoms. The van der Waals surface area contributed by atoms with E-state index in [1.165, 1.54) is 44.6 Å². The zero-order chi connectivity index (χ0) is 23.1. The highest BCUT2D eigenvalue weighted by Gasteiger charge is 2.28. The van der Waals surface area contributed by atoms with E-state index in [2.05, 4.69) is 5.32 Å². The highest BCUT2D eigenvalue weighted by atomic mass is 32.2. The second-order valence-electron chi connectivity index (χ2n) is 6.61. The van der Waals surface area contributed by atoms with Gasteiger partial charge in [-0.25, -0.2) is 13.2 Å². The first kappa shape index (κ1) is 22.8. The van der Waals surface area contributed by atoms with Crippen molar-refractivity contribution in [2.45, 2.75) is 4.90 Å². The molecule has 0 radical (unpaired) electrons. The highest BCUT2D eigenvalue weighted by Crippen LogP contribution is 2.27. The van der Waals surface area contributed by atoms with Crippen molar-refractivity contribution < 1.29 is 27.5 Å². The first-order valence-corrected chi connectivity index (χ1v) is 11.0. The van der Waals surface area contributed by atoms with Gasteiger partial charge in [0.1, 0.15) is 12.3 Å². The molecule has 0 heterocycles. The van der Waals surface area contributed by atoms with Gasteiger partial charge in [0.25, 0.3) is 10.0 Å². The summed E-state index contributed by atoms with van der Waals surface area (Å²) in [6, 6.07) is 20.5. The summed E-state index contributed by atoms with van der Waals surface area (Å²) in [5, 5.41) is 2.60. The average molecular weight is 455 g/mol. The van der Waals surface area contributed by atoms with Crippen LogP contribution in [0.4, 0.5) is 11.4 Å². The molecule has 0 fully saturated rings. The Bertz CT molecular complexity index is 1210. The van der Waals surface area contributed by atoms with E-state index in [0.29, 0.717) is 5.75 Å². The maximum atomic E-state index is 13.4. The van der Waals surface area contributed by atoms with Crippen molar-refractivity contribution in [2.24, 2.45) is 0 Å². The number of methoxy groups -OCH3 is 2. The number of sulfonamides is 1. The van der Waals surface area contributed by atoms with Gasteiger partial charge in [0, 0.05) is 6.07 Å². The molecule has 0 aliphatic heterocycles. The molecule has 0 aliphatic rings. The molecule has 0 spiro atoms. The smallest absolute Gasteiger partial charge is 0.339 e. The Kier molecular flexibility index (Phi) is 7.11. The summed E-state index contributed by atoms with van der Waals surface area (Å²) < 4.78 is 37.7. The van der Waals surface area contributed by atoms with Gasteiger partial charge in [-0.05, 0) is 36.4 Å². The van der Waals surface area contributed by atoms with Gasteiger partial charge in [0.15, 0.2) is 0 Å². The van der Waals surface area contributed by atoms with E-state index in [-0.39, 0.29) is 21.8 Å². The molecule has 0 bridgehead atoms. The molecule has 3 aromatic carbocycles. The first-order chi connectivity index (χ1) is 15.4. The van der Waals surface area contributed by atoms with E-state index in [1.807, 2.05) is 0 Å². The zero-order valence-electron chi connectivity index (χ0n) is 17.5. The Morgan fingerprint density at radius 3 is 2.28 bits per heavy atom. The number of hydrogen-bond donors (Lipinski definition) is 1. The molecular formula is C23H22N2O6S. The number of para-hydroxylation sites is 1. The van der Waals surface area contributed by atoms with Crippen LogP contribution in [0.5, 0.6) is 5.75 Å². The topological polar surface area (TPSA) is 102 Å². The number of esters is 1.